The predicted molar refractivity (Wildman–Crippen MR) is 51.0 cm³/mol. The van der Waals surface area contributed by atoms with Crippen molar-refractivity contribution in [3.63, 3.8) is 0 Å². The van der Waals surface area contributed by atoms with Crippen molar-refractivity contribution >= 4 is 11.6 Å². The maximum Gasteiger partial charge on any atom is 0.0146 e. The Hall–Kier alpha value is -0.0500. The van der Waals surface area contributed by atoms with E-state index in [2.05, 4.69) is 24.3 Å². The summed E-state index contributed by atoms with van der Waals surface area (Å²) in [5, 5.41) is 3.24. The summed E-state index contributed by atoms with van der Waals surface area (Å²) in [6, 6.07) is 0. The lowest BCUT2D eigenvalue weighted by molar-refractivity contribution is 0.396. The summed E-state index contributed by atoms with van der Waals surface area (Å²) in [6.07, 6.45) is 3.08. The van der Waals surface area contributed by atoms with Crippen LogP contribution in [-0.4, -0.2) is 38.6 Å². The zero-order chi connectivity index (χ0) is 8.53. The van der Waals surface area contributed by atoms with Crippen LogP contribution in [-0.2, 0) is 0 Å². The minimum Gasteiger partial charge on any atom is -0.313 e. The second-order valence-electron chi connectivity index (χ2n) is 2.72. The summed E-state index contributed by atoms with van der Waals surface area (Å²) in [6.45, 7) is 3.06. The molecule has 66 valence electrons. The smallest absolute Gasteiger partial charge is 0.0146 e. The normalized spacial score (nSPS) is 11.6. The van der Waals surface area contributed by atoms with E-state index in [9.17, 15) is 0 Å². The van der Waals surface area contributed by atoms with E-state index >= 15 is 0 Å². The molecule has 0 aliphatic carbocycles. The fourth-order valence-electron chi connectivity index (χ4n) is 0.750. The van der Waals surface area contributed by atoms with E-state index in [4.69, 9.17) is 11.6 Å². The van der Waals surface area contributed by atoms with E-state index in [0.29, 0.717) is 0 Å². The summed E-state index contributed by atoms with van der Waals surface area (Å²) in [7, 11) is 4.16. The van der Waals surface area contributed by atoms with Crippen molar-refractivity contribution in [3.05, 3.63) is 11.6 Å². The average Bonchev–Trinajstić information content (AvgIpc) is 1.96. The zero-order valence-corrected chi connectivity index (χ0v) is 8.06. The molecule has 0 aliphatic rings. The van der Waals surface area contributed by atoms with Gasteiger partial charge in [0.15, 0.2) is 0 Å². The molecule has 0 unspecified atom stereocenters. The Bertz CT molecular complexity index is 102. The minimum atomic E-state index is 0.872. The molecule has 3 heteroatoms. The van der Waals surface area contributed by atoms with Crippen molar-refractivity contribution in [1.82, 2.24) is 10.2 Å². The minimum absolute atomic E-state index is 0.872. The number of hydrogen-bond acceptors (Lipinski definition) is 2. The Labute approximate surface area is 74.2 Å². The molecule has 0 heterocycles. The predicted octanol–water partition coefficient (Wildman–Crippen LogP) is 1.28. The molecule has 0 aromatic rings. The first-order valence-electron chi connectivity index (χ1n) is 3.88. The van der Waals surface area contributed by atoms with Crippen molar-refractivity contribution in [3.8, 4) is 0 Å². The number of rotatable bonds is 6. The molecular formula is C8H17ClN2. The van der Waals surface area contributed by atoms with Crippen molar-refractivity contribution in [1.29, 1.82) is 0 Å². The summed E-state index contributed by atoms with van der Waals surface area (Å²) >= 11 is 5.34. The van der Waals surface area contributed by atoms with Crippen LogP contribution in [0.3, 0.4) is 0 Å². The Balaban J connectivity index is 2.91. The van der Waals surface area contributed by atoms with Crippen LogP contribution in [0.25, 0.3) is 0 Å². The topological polar surface area (TPSA) is 15.3 Å². The summed E-state index contributed by atoms with van der Waals surface area (Å²) in [5.74, 6) is 0. The van der Waals surface area contributed by atoms with Crippen LogP contribution >= 0.6 is 11.6 Å². The first-order valence-corrected chi connectivity index (χ1v) is 4.31. The maximum atomic E-state index is 5.34. The molecule has 0 amide bonds. The van der Waals surface area contributed by atoms with Gasteiger partial charge in [0.2, 0.25) is 0 Å². The highest BCUT2D eigenvalue weighted by molar-refractivity contribution is 6.25. The molecular weight excluding hydrogens is 160 g/mol. The van der Waals surface area contributed by atoms with Gasteiger partial charge in [0.05, 0.1) is 0 Å². The molecule has 0 saturated carbocycles. The van der Waals surface area contributed by atoms with E-state index < -0.39 is 0 Å². The molecule has 0 aromatic heterocycles. The van der Waals surface area contributed by atoms with Crippen LogP contribution in [0.1, 0.15) is 6.42 Å². The molecule has 0 aliphatic heterocycles. The molecule has 11 heavy (non-hydrogen) atoms. The highest BCUT2D eigenvalue weighted by atomic mass is 35.5. The third-order valence-electron chi connectivity index (χ3n) is 1.31. The lowest BCUT2D eigenvalue weighted by atomic mass is 10.4. The molecule has 0 radical (unpaired) electrons. The highest BCUT2D eigenvalue weighted by Gasteiger charge is 1.88. The van der Waals surface area contributed by atoms with Gasteiger partial charge in [-0.3, -0.25) is 0 Å². The average molecular weight is 177 g/mol. The molecule has 0 saturated heterocycles. The molecule has 1 N–H and O–H groups in total. The van der Waals surface area contributed by atoms with E-state index in [1.165, 1.54) is 6.42 Å². The SMILES string of the molecule is CN(C)CCCNC/C=C/Cl. The Morgan fingerprint density at radius 3 is 2.73 bits per heavy atom. The van der Waals surface area contributed by atoms with Crippen LogP contribution in [0.15, 0.2) is 11.6 Å². The fourth-order valence-corrected chi connectivity index (χ4v) is 0.839. The van der Waals surface area contributed by atoms with Crippen LogP contribution < -0.4 is 5.32 Å². The van der Waals surface area contributed by atoms with E-state index in [-0.39, 0.29) is 0 Å². The fraction of sp³-hybridized carbons (Fsp3) is 0.750. The van der Waals surface area contributed by atoms with Crippen LogP contribution in [0.5, 0.6) is 0 Å². The second-order valence-corrected chi connectivity index (χ2v) is 2.97. The molecule has 0 bridgehead atoms. The lowest BCUT2D eigenvalue weighted by Gasteiger charge is -2.08. The Morgan fingerprint density at radius 1 is 1.45 bits per heavy atom. The summed E-state index contributed by atoms with van der Waals surface area (Å²) in [4.78, 5) is 2.18. The lowest BCUT2D eigenvalue weighted by Crippen LogP contribution is -2.21. The third-order valence-corrected chi connectivity index (χ3v) is 1.49. The van der Waals surface area contributed by atoms with Gasteiger partial charge < -0.3 is 10.2 Å². The Kier molecular flexibility index (Phi) is 8.01. The standard InChI is InChI=1S/C8H17ClN2/c1-11(2)8-4-7-10-6-3-5-9/h3,5,10H,4,6-8H2,1-2H3/b5-3+. The highest BCUT2D eigenvalue weighted by Crippen LogP contribution is 1.81. The van der Waals surface area contributed by atoms with Gasteiger partial charge in [-0.25, -0.2) is 0 Å². The number of halogens is 1. The molecule has 0 spiro atoms. The molecule has 0 rings (SSSR count). The van der Waals surface area contributed by atoms with Crippen molar-refractivity contribution in [2.75, 3.05) is 33.7 Å². The van der Waals surface area contributed by atoms with E-state index in [1.54, 1.807) is 5.54 Å². The van der Waals surface area contributed by atoms with Crippen molar-refractivity contribution in [2.45, 2.75) is 6.42 Å². The second kappa shape index (κ2) is 8.05. The summed E-state index contributed by atoms with van der Waals surface area (Å²) < 4.78 is 0. The van der Waals surface area contributed by atoms with Gasteiger partial charge in [0, 0.05) is 12.1 Å². The van der Waals surface area contributed by atoms with E-state index in [1.807, 2.05) is 6.08 Å². The number of nitrogens with one attached hydrogen (secondary N) is 1. The van der Waals surface area contributed by atoms with Gasteiger partial charge in [-0.2, -0.15) is 0 Å². The van der Waals surface area contributed by atoms with Gasteiger partial charge in [0.1, 0.15) is 0 Å². The quantitative estimate of drug-likeness (QED) is 0.614. The first kappa shape index (κ1) is 11.0. The zero-order valence-electron chi connectivity index (χ0n) is 7.31. The molecule has 0 aromatic carbocycles. The van der Waals surface area contributed by atoms with Crippen LogP contribution in [0, 0.1) is 0 Å². The van der Waals surface area contributed by atoms with Crippen molar-refractivity contribution in [2.24, 2.45) is 0 Å². The monoisotopic (exact) mass is 176 g/mol. The van der Waals surface area contributed by atoms with Crippen molar-refractivity contribution < 1.29 is 0 Å². The summed E-state index contributed by atoms with van der Waals surface area (Å²) in [5.41, 5.74) is 1.54. The molecule has 0 fully saturated rings. The van der Waals surface area contributed by atoms with Crippen LogP contribution in [0.2, 0.25) is 0 Å². The molecule has 2 nitrogen and oxygen atoms in total. The number of hydrogen-bond donors (Lipinski definition) is 1. The van der Waals surface area contributed by atoms with Gasteiger partial charge in [-0.05, 0) is 33.6 Å². The first-order chi connectivity index (χ1) is 5.27. The Morgan fingerprint density at radius 2 is 2.18 bits per heavy atom. The van der Waals surface area contributed by atoms with Crippen LogP contribution in [0.4, 0.5) is 0 Å². The number of nitrogens with zero attached hydrogens (tertiary/aromatic N) is 1. The molecule has 0 atom stereocenters. The largest absolute Gasteiger partial charge is 0.313 e. The van der Waals surface area contributed by atoms with E-state index in [0.717, 1.165) is 19.6 Å². The third kappa shape index (κ3) is 9.95. The van der Waals surface area contributed by atoms with Gasteiger partial charge in [-0.1, -0.05) is 17.7 Å². The van der Waals surface area contributed by atoms with Gasteiger partial charge in [-0.15, -0.1) is 0 Å². The maximum absolute atomic E-state index is 5.34. The van der Waals surface area contributed by atoms with Gasteiger partial charge >= 0.3 is 0 Å². The van der Waals surface area contributed by atoms with Gasteiger partial charge in [0.25, 0.3) is 0 Å².